The molecule has 3 heteroatoms. The first-order valence-electron chi connectivity index (χ1n) is 6.34. The summed E-state index contributed by atoms with van der Waals surface area (Å²) in [6.07, 6.45) is 6.00. The summed E-state index contributed by atoms with van der Waals surface area (Å²) in [7, 11) is 0. The monoisotopic (exact) mass is 214 g/mol. The van der Waals surface area contributed by atoms with E-state index in [0.717, 1.165) is 19.4 Å². The van der Waals surface area contributed by atoms with Crippen LogP contribution in [0, 0.1) is 5.92 Å². The van der Waals surface area contributed by atoms with Crippen molar-refractivity contribution in [3.63, 3.8) is 0 Å². The van der Waals surface area contributed by atoms with Crippen molar-refractivity contribution in [2.75, 3.05) is 6.61 Å². The fraction of sp³-hybridized carbons (Fsp3) is 1.00. The highest BCUT2D eigenvalue weighted by atomic mass is 16.5. The number of hydrazine groups is 1. The van der Waals surface area contributed by atoms with Crippen LogP contribution in [0.1, 0.15) is 52.9 Å². The zero-order valence-electron chi connectivity index (χ0n) is 10.4. The third kappa shape index (κ3) is 2.52. The highest BCUT2D eigenvalue weighted by molar-refractivity contribution is 4.97. The van der Waals surface area contributed by atoms with Crippen molar-refractivity contribution in [1.82, 2.24) is 5.43 Å². The van der Waals surface area contributed by atoms with Gasteiger partial charge in [0.2, 0.25) is 0 Å². The molecule has 1 rings (SSSR count). The van der Waals surface area contributed by atoms with Gasteiger partial charge in [-0.3, -0.25) is 11.3 Å². The van der Waals surface area contributed by atoms with E-state index in [1.807, 2.05) is 0 Å². The lowest BCUT2D eigenvalue weighted by atomic mass is 9.71. The predicted molar refractivity (Wildman–Crippen MR) is 63.4 cm³/mol. The van der Waals surface area contributed by atoms with E-state index >= 15 is 0 Å². The first-order chi connectivity index (χ1) is 7.24. The van der Waals surface area contributed by atoms with Gasteiger partial charge in [-0.1, -0.05) is 20.3 Å². The van der Waals surface area contributed by atoms with Gasteiger partial charge < -0.3 is 4.74 Å². The summed E-state index contributed by atoms with van der Waals surface area (Å²) >= 11 is 0. The first-order valence-corrected chi connectivity index (χ1v) is 6.34. The van der Waals surface area contributed by atoms with Crippen LogP contribution in [0.5, 0.6) is 0 Å². The average Bonchev–Trinajstić information content (AvgIpc) is 2.20. The molecule has 0 aromatic carbocycles. The van der Waals surface area contributed by atoms with Crippen molar-refractivity contribution in [3.8, 4) is 0 Å². The topological polar surface area (TPSA) is 47.3 Å². The molecule has 0 aromatic heterocycles. The lowest BCUT2D eigenvalue weighted by Crippen LogP contribution is -2.59. The molecule has 1 unspecified atom stereocenters. The maximum absolute atomic E-state index is 6.00. The molecule has 15 heavy (non-hydrogen) atoms. The lowest BCUT2D eigenvalue weighted by Gasteiger charge is -2.46. The quantitative estimate of drug-likeness (QED) is 0.504. The Bertz CT molecular complexity index is 176. The van der Waals surface area contributed by atoms with Crippen LogP contribution in [0.4, 0.5) is 0 Å². The van der Waals surface area contributed by atoms with Gasteiger partial charge in [0.25, 0.3) is 0 Å². The number of nitrogens with one attached hydrogen (secondary N) is 1. The summed E-state index contributed by atoms with van der Waals surface area (Å²) in [6, 6.07) is 0.321. The number of hydrogen-bond donors (Lipinski definition) is 2. The fourth-order valence-corrected chi connectivity index (χ4v) is 2.76. The minimum Gasteiger partial charge on any atom is -0.374 e. The molecule has 0 saturated heterocycles. The van der Waals surface area contributed by atoms with Gasteiger partial charge in [0.05, 0.1) is 11.6 Å². The third-order valence-electron chi connectivity index (χ3n) is 4.00. The molecule has 1 aliphatic rings. The van der Waals surface area contributed by atoms with Gasteiger partial charge in [-0.15, -0.1) is 0 Å². The summed E-state index contributed by atoms with van der Waals surface area (Å²) in [6.45, 7) is 7.23. The highest BCUT2D eigenvalue weighted by Gasteiger charge is 2.42. The molecule has 1 atom stereocenters. The van der Waals surface area contributed by atoms with Crippen LogP contribution >= 0.6 is 0 Å². The number of hydrogen-bond acceptors (Lipinski definition) is 3. The second kappa shape index (κ2) is 5.83. The Morgan fingerprint density at radius 1 is 1.33 bits per heavy atom. The van der Waals surface area contributed by atoms with Gasteiger partial charge in [-0.2, -0.15) is 0 Å². The minimum atomic E-state index is -0.0609. The lowest BCUT2D eigenvalue weighted by molar-refractivity contribution is -0.0937. The van der Waals surface area contributed by atoms with Gasteiger partial charge in [0, 0.05) is 6.61 Å². The van der Waals surface area contributed by atoms with Crippen LogP contribution in [0.2, 0.25) is 0 Å². The molecule has 3 N–H and O–H groups in total. The van der Waals surface area contributed by atoms with Crippen LogP contribution in [0.25, 0.3) is 0 Å². The first kappa shape index (κ1) is 12.9. The largest absolute Gasteiger partial charge is 0.374 e. The summed E-state index contributed by atoms with van der Waals surface area (Å²) in [5, 5.41) is 0. The zero-order valence-corrected chi connectivity index (χ0v) is 10.4. The second-order valence-corrected chi connectivity index (χ2v) is 4.54. The Balaban J connectivity index is 2.72. The molecule has 1 saturated carbocycles. The van der Waals surface area contributed by atoms with Gasteiger partial charge >= 0.3 is 0 Å². The molecule has 0 radical (unpaired) electrons. The van der Waals surface area contributed by atoms with Crippen LogP contribution in [0.3, 0.4) is 0 Å². The molecule has 0 aromatic rings. The van der Waals surface area contributed by atoms with E-state index < -0.39 is 0 Å². The van der Waals surface area contributed by atoms with E-state index in [0.29, 0.717) is 12.0 Å². The maximum atomic E-state index is 6.00. The van der Waals surface area contributed by atoms with Crippen molar-refractivity contribution in [1.29, 1.82) is 0 Å². The van der Waals surface area contributed by atoms with Gasteiger partial charge in [0.15, 0.2) is 0 Å². The predicted octanol–water partition coefficient (Wildman–Crippen LogP) is 2.21. The molecule has 0 amide bonds. The third-order valence-corrected chi connectivity index (χ3v) is 4.00. The molecule has 1 fully saturated rings. The van der Waals surface area contributed by atoms with Gasteiger partial charge in [0.1, 0.15) is 0 Å². The Labute approximate surface area is 93.7 Å². The van der Waals surface area contributed by atoms with Crippen molar-refractivity contribution in [3.05, 3.63) is 0 Å². The van der Waals surface area contributed by atoms with E-state index in [4.69, 9.17) is 10.6 Å². The van der Waals surface area contributed by atoms with E-state index in [1.54, 1.807) is 0 Å². The zero-order chi connectivity index (χ0) is 11.3. The molecule has 0 spiro atoms. The summed E-state index contributed by atoms with van der Waals surface area (Å²) < 4.78 is 6.00. The van der Waals surface area contributed by atoms with Crippen molar-refractivity contribution in [2.45, 2.75) is 64.5 Å². The van der Waals surface area contributed by atoms with E-state index in [-0.39, 0.29) is 5.60 Å². The molecular formula is C12H26N2O. The van der Waals surface area contributed by atoms with Crippen LogP contribution in [0.15, 0.2) is 0 Å². The second-order valence-electron chi connectivity index (χ2n) is 4.54. The van der Waals surface area contributed by atoms with Crippen molar-refractivity contribution < 1.29 is 4.74 Å². The van der Waals surface area contributed by atoms with Crippen LogP contribution < -0.4 is 11.3 Å². The molecule has 0 bridgehead atoms. The Kier molecular flexibility index (Phi) is 5.03. The Morgan fingerprint density at radius 3 is 2.20 bits per heavy atom. The smallest absolute Gasteiger partial charge is 0.0845 e. The summed E-state index contributed by atoms with van der Waals surface area (Å²) in [5.74, 6) is 6.43. The standard InChI is InChI=1S/C12H26N2O/c1-4-12(5-2,15-6-3)11(14-13)10-8-7-9-10/h10-11,14H,4-9,13H2,1-3H3. The van der Waals surface area contributed by atoms with Gasteiger partial charge in [-0.05, 0) is 38.5 Å². The summed E-state index contributed by atoms with van der Waals surface area (Å²) in [5.41, 5.74) is 2.95. The van der Waals surface area contributed by atoms with Gasteiger partial charge in [-0.25, -0.2) is 0 Å². The molecule has 1 aliphatic carbocycles. The molecule has 90 valence electrons. The number of ether oxygens (including phenoxy) is 1. The average molecular weight is 214 g/mol. The van der Waals surface area contributed by atoms with E-state index in [9.17, 15) is 0 Å². The molecular weight excluding hydrogens is 188 g/mol. The van der Waals surface area contributed by atoms with Crippen molar-refractivity contribution in [2.24, 2.45) is 11.8 Å². The van der Waals surface area contributed by atoms with E-state index in [2.05, 4.69) is 26.2 Å². The molecule has 0 aliphatic heterocycles. The Morgan fingerprint density at radius 2 is 1.93 bits per heavy atom. The number of rotatable bonds is 7. The van der Waals surface area contributed by atoms with Crippen LogP contribution in [-0.2, 0) is 4.74 Å². The van der Waals surface area contributed by atoms with E-state index in [1.165, 1.54) is 19.3 Å². The molecule has 0 heterocycles. The maximum Gasteiger partial charge on any atom is 0.0845 e. The normalized spacial score (nSPS) is 20.0. The van der Waals surface area contributed by atoms with Crippen LogP contribution in [-0.4, -0.2) is 18.2 Å². The number of nitrogens with two attached hydrogens (primary N) is 1. The summed E-state index contributed by atoms with van der Waals surface area (Å²) in [4.78, 5) is 0. The Hall–Kier alpha value is -0.120. The molecule has 3 nitrogen and oxygen atoms in total. The SMILES string of the molecule is CCOC(CC)(CC)C(NN)C1CCC1. The fourth-order valence-electron chi connectivity index (χ4n) is 2.76. The highest BCUT2D eigenvalue weighted by Crippen LogP contribution is 2.38. The minimum absolute atomic E-state index is 0.0609. The van der Waals surface area contributed by atoms with Crippen molar-refractivity contribution >= 4 is 0 Å².